The van der Waals surface area contributed by atoms with E-state index in [9.17, 15) is 0 Å². The van der Waals surface area contributed by atoms with Gasteiger partial charge >= 0.3 is 64.2 Å². The molecular weight excluding hydrogens is 557 g/mol. The van der Waals surface area contributed by atoms with E-state index in [4.69, 9.17) is 0 Å². The van der Waals surface area contributed by atoms with Crippen molar-refractivity contribution in [3.05, 3.63) is 145 Å². The molecule has 7 rings (SSSR count). The Balaban J connectivity index is 0.000000162. The molecule has 0 saturated heterocycles. The second-order valence-corrected chi connectivity index (χ2v) is 8.95. The van der Waals surface area contributed by atoms with Crippen molar-refractivity contribution in [1.82, 2.24) is 0 Å². The molecule has 6 aromatic carbocycles. The topological polar surface area (TPSA) is 0 Å². The minimum Gasteiger partial charge on any atom is -0.168 e. The van der Waals surface area contributed by atoms with Crippen molar-refractivity contribution in [1.29, 1.82) is 0 Å². The number of rotatable bonds is 1. The smallest absolute Gasteiger partial charge is 0.0809 e. The van der Waals surface area contributed by atoms with Gasteiger partial charge in [-0.15, -0.1) is 41.3 Å². The van der Waals surface area contributed by atoms with E-state index in [0.29, 0.717) is 0 Å². The maximum Gasteiger partial charge on any atom is -0.0809 e. The summed E-state index contributed by atoms with van der Waals surface area (Å²) < 4.78 is 2.17. The molecule has 0 aliphatic heterocycles. The summed E-state index contributed by atoms with van der Waals surface area (Å²) in [6, 6.07) is 42.4. The van der Waals surface area contributed by atoms with E-state index in [1.54, 1.807) is 0 Å². The Hall–Kier alpha value is -2.50. The molecule has 174 valence electrons. The predicted molar refractivity (Wildman–Crippen MR) is 143 cm³/mol. The molecule has 0 amide bonds. The van der Waals surface area contributed by atoms with Crippen molar-refractivity contribution in [2.75, 3.05) is 0 Å². The van der Waals surface area contributed by atoms with Crippen LogP contribution >= 0.6 is 0 Å². The van der Waals surface area contributed by atoms with Crippen molar-refractivity contribution < 1.29 is 48.8 Å². The molecule has 0 nitrogen and oxygen atoms in total. The van der Waals surface area contributed by atoms with Crippen molar-refractivity contribution in [2.24, 2.45) is 0 Å². The molecule has 1 aliphatic rings. The van der Waals surface area contributed by atoms with E-state index in [1.807, 2.05) is 6.07 Å². The average Bonchev–Trinajstić information content (AvgIpc) is 3.59. The summed E-state index contributed by atoms with van der Waals surface area (Å²) >= 11 is 1.46. The summed E-state index contributed by atoms with van der Waals surface area (Å²) in [5.41, 5.74) is 4.01. The summed E-state index contributed by atoms with van der Waals surface area (Å²) in [5, 5.41) is 8.08. The second kappa shape index (κ2) is 13.7. The molecule has 0 unspecified atom stereocenters. The van der Waals surface area contributed by atoms with Crippen LogP contribution in [0.5, 0.6) is 0 Å². The van der Waals surface area contributed by atoms with E-state index in [-0.39, 0.29) is 24.8 Å². The van der Waals surface area contributed by atoms with Crippen LogP contribution < -0.4 is 30.3 Å². The zero-order chi connectivity index (χ0) is 23.2. The van der Waals surface area contributed by atoms with E-state index in [0.717, 1.165) is 6.42 Å². The normalized spacial score (nSPS) is 10.7. The first kappa shape index (κ1) is 28.1. The van der Waals surface area contributed by atoms with Crippen molar-refractivity contribution in [2.45, 2.75) is 6.42 Å². The molecule has 0 bridgehead atoms. The largest absolute Gasteiger partial charge is 0.168 e. The molecule has 0 N–H and O–H groups in total. The van der Waals surface area contributed by atoms with E-state index in [2.05, 4.69) is 132 Å². The van der Waals surface area contributed by atoms with Gasteiger partial charge in [-0.3, -0.25) is 0 Å². The Bertz CT molecular complexity index is 1570. The Labute approximate surface area is 240 Å². The quantitative estimate of drug-likeness (QED) is 0.156. The summed E-state index contributed by atoms with van der Waals surface area (Å²) in [6.07, 6.45) is 6.48. The molecule has 0 aromatic heterocycles. The maximum atomic E-state index is 3.33. The molecule has 0 atom stereocenters. The molecule has 4 heteroatoms. The van der Waals surface area contributed by atoms with Gasteiger partial charge in [0.15, 0.2) is 0 Å². The first-order valence-corrected chi connectivity index (χ1v) is 12.9. The number of fused-ring (bicyclic) bond motifs is 6. The maximum absolute atomic E-state index is 3.33. The number of hydrogen-bond donors (Lipinski definition) is 0. The standard InChI is InChI=1S/C17H11.C9H7.C6H5B.2ClH.Zr/c1-2-6-15-12(4-1)8-10-14-11-9-13-5-3-7-16(13)17(14)15;1-2-5-9-7-3-6-8(9)4-1;7-6-4-2-1-3-5-6;;;/h1-4,6,8-11H,7H2;1-7H;1-5H;2*1H;/q2*-1;;;;+2/p-2. The minimum absolute atomic E-state index is 0. The van der Waals surface area contributed by atoms with Gasteiger partial charge in [-0.2, -0.15) is 41.3 Å². The van der Waals surface area contributed by atoms with Crippen LogP contribution in [0.15, 0.2) is 127 Å². The van der Waals surface area contributed by atoms with Crippen LogP contribution in [0.4, 0.5) is 0 Å². The van der Waals surface area contributed by atoms with Gasteiger partial charge in [-0.1, -0.05) is 54.3 Å². The molecule has 0 heterocycles. The fraction of sp³-hybridized carbons (Fsp3) is 0.0312. The first-order valence-electron chi connectivity index (χ1n) is 11.5. The third-order valence-electron chi connectivity index (χ3n) is 6.10. The van der Waals surface area contributed by atoms with E-state index < -0.39 is 0 Å². The number of allylic oxidation sites excluding steroid dienone is 1. The molecule has 1 aliphatic carbocycles. The van der Waals surface area contributed by atoms with Gasteiger partial charge in [0.25, 0.3) is 0 Å². The van der Waals surface area contributed by atoms with Gasteiger partial charge in [-0.25, -0.2) is 0 Å². The van der Waals surface area contributed by atoms with Crippen LogP contribution in [0.3, 0.4) is 0 Å². The SMILES string of the molecule is [C-]1=CCc2c1ccc1ccc3ccccc3c21.[Cl-].[Cl-].[Zr+2]=[B]c1ccccc1.c1ccc2[cH-]ccc2c1. The average molecular weight is 580 g/mol. The summed E-state index contributed by atoms with van der Waals surface area (Å²) in [5.74, 6) is 0. The summed E-state index contributed by atoms with van der Waals surface area (Å²) in [6.45, 7) is 0. The van der Waals surface area contributed by atoms with E-state index in [1.165, 1.54) is 72.9 Å². The molecule has 0 radical (unpaired) electrons. The van der Waals surface area contributed by atoms with Gasteiger partial charge in [0, 0.05) is 0 Å². The molecule has 0 saturated carbocycles. The fourth-order valence-corrected chi connectivity index (χ4v) is 4.87. The molecule has 6 aromatic rings. The fourth-order valence-electron chi connectivity index (χ4n) is 4.40. The zero-order valence-electron chi connectivity index (χ0n) is 19.7. The number of halogens is 2. The Morgan fingerprint density at radius 3 is 2.08 bits per heavy atom. The third kappa shape index (κ3) is 6.43. The van der Waals surface area contributed by atoms with Crippen LogP contribution in [0.25, 0.3) is 32.3 Å². The van der Waals surface area contributed by atoms with Crippen molar-refractivity contribution in [3.8, 4) is 0 Å². The first-order chi connectivity index (χ1) is 16.8. The summed E-state index contributed by atoms with van der Waals surface area (Å²) in [4.78, 5) is 0. The number of hydrogen-bond acceptors (Lipinski definition) is 0. The van der Waals surface area contributed by atoms with Gasteiger partial charge in [0.2, 0.25) is 0 Å². The molecular formula is C32H23BCl2Zr-2. The van der Waals surface area contributed by atoms with Crippen LogP contribution in [0.1, 0.15) is 11.1 Å². The third-order valence-corrected chi connectivity index (χ3v) is 6.91. The Morgan fingerprint density at radius 1 is 0.667 bits per heavy atom. The second-order valence-electron chi connectivity index (χ2n) is 8.24. The Morgan fingerprint density at radius 2 is 1.33 bits per heavy atom. The Kier molecular flexibility index (Phi) is 10.7. The monoisotopic (exact) mass is 578 g/mol. The van der Waals surface area contributed by atoms with Gasteiger partial charge < -0.3 is 24.8 Å². The number of benzene rings is 5. The molecule has 0 fully saturated rings. The van der Waals surface area contributed by atoms with Crippen LogP contribution in [-0.4, -0.2) is 4.37 Å². The van der Waals surface area contributed by atoms with Crippen LogP contribution in [-0.2, 0) is 30.4 Å². The molecule has 0 spiro atoms. The van der Waals surface area contributed by atoms with E-state index >= 15 is 0 Å². The van der Waals surface area contributed by atoms with Crippen molar-refractivity contribution in [3.63, 3.8) is 0 Å². The van der Waals surface area contributed by atoms with Crippen molar-refractivity contribution >= 4 is 42.2 Å². The predicted octanol–water partition coefficient (Wildman–Crippen LogP) is 1.30. The summed E-state index contributed by atoms with van der Waals surface area (Å²) in [7, 11) is 0. The zero-order valence-corrected chi connectivity index (χ0v) is 23.6. The van der Waals surface area contributed by atoms with Gasteiger partial charge in [-0.05, 0) is 16.2 Å². The van der Waals surface area contributed by atoms with Crippen LogP contribution in [0.2, 0.25) is 0 Å². The van der Waals surface area contributed by atoms with Gasteiger partial charge in [0.05, 0.1) is 0 Å². The van der Waals surface area contributed by atoms with Crippen LogP contribution in [0, 0.1) is 6.08 Å². The molecule has 36 heavy (non-hydrogen) atoms. The minimum atomic E-state index is 0. The van der Waals surface area contributed by atoms with Gasteiger partial charge in [0.1, 0.15) is 0 Å².